The lowest BCUT2D eigenvalue weighted by atomic mass is 10.1. The quantitative estimate of drug-likeness (QED) is 0.474. The number of ether oxygens (including phenoxy) is 1. The number of pyridine rings is 1. The van der Waals surface area contributed by atoms with Crippen LogP contribution in [0.3, 0.4) is 0 Å². The molecule has 1 aromatic heterocycles. The molecule has 0 saturated carbocycles. The lowest BCUT2D eigenvalue weighted by Crippen LogP contribution is -2.31. The van der Waals surface area contributed by atoms with Gasteiger partial charge in [0.1, 0.15) is 6.10 Å². The van der Waals surface area contributed by atoms with E-state index in [1.165, 1.54) is 12.3 Å². The Balaban J connectivity index is 2.96. The second-order valence-electron chi connectivity index (χ2n) is 3.14. The molecule has 5 nitrogen and oxygen atoms in total. The summed E-state index contributed by atoms with van der Waals surface area (Å²) in [6.07, 6.45) is -2.30. The molecule has 0 aliphatic heterocycles. The monoisotopic (exact) mass is 355 g/mol. The van der Waals surface area contributed by atoms with Crippen molar-refractivity contribution < 1.29 is 24.1 Å². The van der Waals surface area contributed by atoms with Gasteiger partial charge < -0.3 is 14.9 Å². The van der Waals surface area contributed by atoms with E-state index < -0.39 is 24.1 Å². The number of carbonyl (C=O) groups excluding carboxylic acids is 1. The largest absolute Gasteiger partial charge is 0.464 e. The molecular formula is C10H11FINO4. The summed E-state index contributed by atoms with van der Waals surface area (Å²) in [5.74, 6) is -1.92. The minimum absolute atomic E-state index is 0.0647. The van der Waals surface area contributed by atoms with E-state index in [9.17, 15) is 19.4 Å². The van der Waals surface area contributed by atoms with E-state index in [-0.39, 0.29) is 12.2 Å². The van der Waals surface area contributed by atoms with Crippen LogP contribution in [0.4, 0.5) is 4.39 Å². The molecule has 0 aromatic carbocycles. The third-order valence-corrected chi connectivity index (χ3v) is 2.95. The highest BCUT2D eigenvalue weighted by Gasteiger charge is 2.30. The molecular weight excluding hydrogens is 344 g/mol. The molecule has 0 radical (unpaired) electrons. The zero-order valence-corrected chi connectivity index (χ0v) is 11.1. The van der Waals surface area contributed by atoms with Crippen LogP contribution in [0.25, 0.3) is 0 Å². The number of halogens is 2. The highest BCUT2D eigenvalue weighted by atomic mass is 127. The summed E-state index contributed by atoms with van der Waals surface area (Å²) in [6.45, 7) is 1.63. The van der Waals surface area contributed by atoms with Crippen molar-refractivity contribution in [3.05, 3.63) is 27.3 Å². The summed E-state index contributed by atoms with van der Waals surface area (Å²) in [5, 5.41) is 19.2. The molecule has 2 N–H and O–H groups in total. The molecule has 0 aliphatic rings. The first-order valence-electron chi connectivity index (χ1n) is 4.81. The first-order chi connectivity index (χ1) is 7.99. The van der Waals surface area contributed by atoms with Gasteiger partial charge in [0, 0.05) is 9.77 Å². The van der Waals surface area contributed by atoms with Gasteiger partial charge in [0.25, 0.3) is 0 Å². The van der Waals surface area contributed by atoms with E-state index in [1.54, 1.807) is 29.5 Å². The topological polar surface area (TPSA) is 79.7 Å². The van der Waals surface area contributed by atoms with Gasteiger partial charge in [-0.15, -0.1) is 0 Å². The van der Waals surface area contributed by atoms with Crippen LogP contribution in [0, 0.1) is 9.52 Å². The van der Waals surface area contributed by atoms with Crippen LogP contribution in [0.1, 0.15) is 18.6 Å². The Morgan fingerprint density at radius 2 is 2.29 bits per heavy atom. The molecule has 0 bridgehead atoms. The summed E-state index contributed by atoms with van der Waals surface area (Å²) in [4.78, 5) is 14.6. The summed E-state index contributed by atoms with van der Waals surface area (Å²) in [6, 6.07) is 1.46. The summed E-state index contributed by atoms with van der Waals surface area (Å²) in [7, 11) is 0. The minimum atomic E-state index is -1.83. The van der Waals surface area contributed by atoms with Crippen molar-refractivity contribution in [2.45, 2.75) is 19.1 Å². The van der Waals surface area contributed by atoms with Gasteiger partial charge in [0.05, 0.1) is 12.2 Å². The van der Waals surface area contributed by atoms with Crippen molar-refractivity contribution >= 4 is 28.6 Å². The fourth-order valence-corrected chi connectivity index (χ4v) is 1.91. The van der Waals surface area contributed by atoms with E-state index in [1.807, 2.05) is 0 Å². The number of aliphatic hydroxyl groups excluding tert-OH is 2. The second kappa shape index (κ2) is 6.22. The fraction of sp³-hybridized carbons (Fsp3) is 0.400. The van der Waals surface area contributed by atoms with E-state index >= 15 is 0 Å². The summed E-state index contributed by atoms with van der Waals surface area (Å²) < 4.78 is 18.3. The van der Waals surface area contributed by atoms with Crippen molar-refractivity contribution in [1.29, 1.82) is 0 Å². The third kappa shape index (κ3) is 3.33. The Morgan fingerprint density at radius 3 is 2.82 bits per heavy atom. The maximum Gasteiger partial charge on any atom is 0.338 e. The Bertz CT molecular complexity index is 395. The van der Waals surface area contributed by atoms with E-state index in [2.05, 4.69) is 9.72 Å². The normalized spacial score (nSPS) is 14.2. The van der Waals surface area contributed by atoms with Gasteiger partial charge >= 0.3 is 5.97 Å². The van der Waals surface area contributed by atoms with E-state index in [4.69, 9.17) is 0 Å². The van der Waals surface area contributed by atoms with Crippen LogP contribution in [-0.4, -0.2) is 33.9 Å². The van der Waals surface area contributed by atoms with E-state index in [0.29, 0.717) is 3.57 Å². The van der Waals surface area contributed by atoms with Crippen LogP contribution in [-0.2, 0) is 9.53 Å². The zero-order valence-electron chi connectivity index (χ0n) is 8.93. The molecule has 94 valence electrons. The molecule has 2 atom stereocenters. The van der Waals surface area contributed by atoms with Crippen molar-refractivity contribution in [3.63, 3.8) is 0 Å². The molecule has 1 aromatic rings. The van der Waals surface area contributed by atoms with Crippen molar-refractivity contribution in [2.24, 2.45) is 0 Å². The van der Waals surface area contributed by atoms with Gasteiger partial charge in [-0.1, -0.05) is 0 Å². The third-order valence-electron chi connectivity index (χ3n) is 2.01. The SMILES string of the molecule is CCOC(=O)C(O)C(O)c1c(I)ccnc1F. The molecule has 2 unspecified atom stereocenters. The van der Waals surface area contributed by atoms with Gasteiger partial charge in [0.2, 0.25) is 5.95 Å². The number of hydrogen-bond donors (Lipinski definition) is 2. The average molecular weight is 355 g/mol. The van der Waals surface area contributed by atoms with E-state index in [0.717, 1.165) is 0 Å². The number of rotatable bonds is 4. The molecule has 0 fully saturated rings. The van der Waals surface area contributed by atoms with Crippen molar-refractivity contribution in [2.75, 3.05) is 6.61 Å². The number of nitrogens with zero attached hydrogens (tertiary/aromatic N) is 1. The molecule has 0 spiro atoms. The predicted molar refractivity (Wildman–Crippen MR) is 64.5 cm³/mol. The zero-order chi connectivity index (χ0) is 13.0. The Morgan fingerprint density at radius 1 is 1.65 bits per heavy atom. The molecule has 0 aliphatic carbocycles. The Kier molecular flexibility index (Phi) is 5.22. The van der Waals surface area contributed by atoms with Crippen LogP contribution < -0.4 is 0 Å². The Hall–Kier alpha value is -0.800. The summed E-state index contributed by atoms with van der Waals surface area (Å²) in [5.41, 5.74) is -0.214. The maximum absolute atomic E-state index is 13.4. The first-order valence-corrected chi connectivity index (χ1v) is 5.89. The van der Waals surface area contributed by atoms with Gasteiger partial charge in [-0.2, -0.15) is 4.39 Å². The number of esters is 1. The molecule has 0 amide bonds. The summed E-state index contributed by atoms with van der Waals surface area (Å²) >= 11 is 1.78. The molecule has 1 rings (SSSR count). The molecule has 1 heterocycles. The standard InChI is InChI=1S/C10H11FINO4/c1-2-17-10(16)8(15)7(14)6-5(12)3-4-13-9(6)11/h3-4,7-8,14-15H,2H2,1H3. The lowest BCUT2D eigenvalue weighted by molar-refractivity contribution is -0.159. The van der Waals surface area contributed by atoms with Gasteiger partial charge in [-0.3, -0.25) is 0 Å². The average Bonchev–Trinajstić information content (AvgIpc) is 2.27. The van der Waals surface area contributed by atoms with Crippen molar-refractivity contribution in [1.82, 2.24) is 4.98 Å². The number of aliphatic hydroxyl groups is 2. The van der Waals surface area contributed by atoms with Crippen molar-refractivity contribution in [3.8, 4) is 0 Å². The van der Waals surface area contributed by atoms with Gasteiger partial charge in [-0.05, 0) is 35.6 Å². The van der Waals surface area contributed by atoms with Crippen LogP contribution in [0.5, 0.6) is 0 Å². The number of hydrogen-bond acceptors (Lipinski definition) is 5. The highest BCUT2D eigenvalue weighted by Crippen LogP contribution is 2.24. The van der Waals surface area contributed by atoms with Crippen LogP contribution in [0.15, 0.2) is 12.3 Å². The number of carbonyl (C=O) groups is 1. The van der Waals surface area contributed by atoms with Crippen LogP contribution >= 0.6 is 22.6 Å². The first kappa shape index (κ1) is 14.3. The second-order valence-corrected chi connectivity index (χ2v) is 4.30. The lowest BCUT2D eigenvalue weighted by Gasteiger charge is -2.17. The van der Waals surface area contributed by atoms with Gasteiger partial charge in [-0.25, -0.2) is 9.78 Å². The van der Waals surface area contributed by atoms with Gasteiger partial charge in [0.15, 0.2) is 6.10 Å². The maximum atomic E-state index is 13.4. The Labute approximate surface area is 111 Å². The molecule has 17 heavy (non-hydrogen) atoms. The predicted octanol–water partition coefficient (Wildman–Crippen LogP) is 0.783. The minimum Gasteiger partial charge on any atom is -0.464 e. The van der Waals surface area contributed by atoms with Crippen LogP contribution in [0.2, 0.25) is 0 Å². The molecule has 0 saturated heterocycles. The highest BCUT2D eigenvalue weighted by molar-refractivity contribution is 14.1. The fourth-order valence-electron chi connectivity index (χ4n) is 1.20. The molecule has 7 heteroatoms. The number of aromatic nitrogens is 1. The smallest absolute Gasteiger partial charge is 0.338 e.